The maximum absolute atomic E-state index is 11.8. The molecule has 1 heterocycles. The third-order valence-corrected chi connectivity index (χ3v) is 2.94. The Morgan fingerprint density at radius 1 is 1.30 bits per heavy atom. The van der Waals surface area contributed by atoms with E-state index in [9.17, 15) is 4.79 Å². The quantitative estimate of drug-likeness (QED) is 0.876. The molecule has 0 saturated heterocycles. The summed E-state index contributed by atoms with van der Waals surface area (Å²) in [6, 6.07) is 10.2. The van der Waals surface area contributed by atoms with Crippen molar-refractivity contribution in [2.75, 3.05) is 11.9 Å². The highest BCUT2D eigenvalue weighted by atomic mass is 35.5. The average Bonchev–Trinajstić information content (AvgIpc) is 2.40. The minimum absolute atomic E-state index is 0.109. The molecule has 0 aliphatic heterocycles. The third kappa shape index (κ3) is 4.11. The highest BCUT2D eigenvalue weighted by Gasteiger charge is 2.07. The van der Waals surface area contributed by atoms with Crippen molar-refractivity contribution in [2.45, 2.75) is 6.92 Å². The lowest BCUT2D eigenvalue weighted by atomic mass is 10.3. The van der Waals surface area contributed by atoms with Crippen molar-refractivity contribution < 1.29 is 9.53 Å². The number of benzene rings is 1. The summed E-state index contributed by atoms with van der Waals surface area (Å²) in [5, 5.41) is 3.65. The summed E-state index contributed by atoms with van der Waals surface area (Å²) in [5.41, 5.74) is 1.25. The molecule has 6 heteroatoms. The molecule has 0 aliphatic carbocycles. The summed E-state index contributed by atoms with van der Waals surface area (Å²) in [4.78, 5) is 15.8. The van der Waals surface area contributed by atoms with Crippen molar-refractivity contribution >= 4 is 34.8 Å². The van der Waals surface area contributed by atoms with Gasteiger partial charge in [0.25, 0.3) is 5.91 Å². The number of nitrogens with zero attached hydrogens (tertiary/aromatic N) is 1. The lowest BCUT2D eigenvalue weighted by Gasteiger charge is -2.09. The van der Waals surface area contributed by atoms with Gasteiger partial charge in [-0.05, 0) is 37.3 Å². The smallest absolute Gasteiger partial charge is 0.262 e. The number of amides is 1. The monoisotopic (exact) mass is 310 g/mol. The van der Waals surface area contributed by atoms with E-state index in [2.05, 4.69) is 10.3 Å². The first-order chi connectivity index (χ1) is 9.54. The Morgan fingerprint density at radius 2 is 2.10 bits per heavy atom. The Morgan fingerprint density at radius 3 is 2.80 bits per heavy atom. The second-order valence-corrected chi connectivity index (χ2v) is 4.88. The predicted molar refractivity (Wildman–Crippen MR) is 79.6 cm³/mol. The molecule has 4 nitrogen and oxygen atoms in total. The highest BCUT2D eigenvalue weighted by Crippen LogP contribution is 2.18. The number of aryl methyl sites for hydroxylation is 1. The van der Waals surface area contributed by atoms with Crippen molar-refractivity contribution in [1.29, 1.82) is 0 Å². The van der Waals surface area contributed by atoms with Crippen molar-refractivity contribution in [2.24, 2.45) is 0 Å². The van der Waals surface area contributed by atoms with E-state index in [1.165, 1.54) is 0 Å². The van der Waals surface area contributed by atoms with E-state index < -0.39 is 0 Å². The number of hydrogen-bond donors (Lipinski definition) is 1. The van der Waals surface area contributed by atoms with Crippen LogP contribution in [0.3, 0.4) is 0 Å². The predicted octanol–water partition coefficient (Wildman–Crippen LogP) is 3.71. The Balaban J connectivity index is 1.92. The minimum atomic E-state index is -0.280. The molecule has 104 valence electrons. The fourth-order valence-corrected chi connectivity index (χ4v) is 1.92. The number of hydrogen-bond acceptors (Lipinski definition) is 3. The highest BCUT2D eigenvalue weighted by molar-refractivity contribution is 6.30. The molecule has 0 atom stereocenters. The molecular formula is C14H12Cl2N2O2. The molecule has 0 unspecified atom stereocenters. The zero-order chi connectivity index (χ0) is 14.5. The van der Waals surface area contributed by atoms with Crippen LogP contribution in [0.25, 0.3) is 0 Å². The Labute approximate surface area is 126 Å². The lowest BCUT2D eigenvalue weighted by molar-refractivity contribution is -0.118. The third-order valence-electron chi connectivity index (χ3n) is 2.49. The Kier molecular flexibility index (Phi) is 4.82. The number of aromatic nitrogens is 1. The summed E-state index contributed by atoms with van der Waals surface area (Å²) < 4.78 is 5.34. The molecule has 20 heavy (non-hydrogen) atoms. The van der Waals surface area contributed by atoms with Crippen LogP contribution in [0.5, 0.6) is 5.75 Å². The van der Waals surface area contributed by atoms with Crippen LogP contribution in [0.1, 0.15) is 5.69 Å². The van der Waals surface area contributed by atoms with E-state index >= 15 is 0 Å². The maximum Gasteiger partial charge on any atom is 0.262 e. The van der Waals surface area contributed by atoms with Gasteiger partial charge in [0.15, 0.2) is 6.61 Å². The number of anilines is 1. The van der Waals surface area contributed by atoms with Gasteiger partial charge in [-0.3, -0.25) is 4.79 Å². The van der Waals surface area contributed by atoms with Gasteiger partial charge in [0.1, 0.15) is 10.9 Å². The largest absolute Gasteiger partial charge is 0.484 e. The second-order valence-electron chi connectivity index (χ2n) is 4.06. The molecule has 1 aromatic carbocycles. The topological polar surface area (TPSA) is 51.2 Å². The van der Waals surface area contributed by atoms with Crippen molar-refractivity contribution in [3.8, 4) is 5.75 Å². The zero-order valence-corrected chi connectivity index (χ0v) is 12.2. The molecule has 1 N–H and O–H groups in total. The van der Waals surface area contributed by atoms with Crippen molar-refractivity contribution in [3.05, 3.63) is 52.3 Å². The number of rotatable bonds is 4. The van der Waals surface area contributed by atoms with Crippen molar-refractivity contribution in [1.82, 2.24) is 4.98 Å². The van der Waals surface area contributed by atoms with Crippen LogP contribution in [0.15, 0.2) is 36.4 Å². The number of carbonyl (C=O) groups is 1. The van der Waals surface area contributed by atoms with Crippen LogP contribution < -0.4 is 10.1 Å². The van der Waals surface area contributed by atoms with Gasteiger partial charge in [-0.25, -0.2) is 4.98 Å². The van der Waals surface area contributed by atoms with Gasteiger partial charge in [0, 0.05) is 5.02 Å². The maximum atomic E-state index is 11.8. The molecule has 2 rings (SSSR count). The van der Waals surface area contributed by atoms with Crippen molar-refractivity contribution in [3.63, 3.8) is 0 Å². The molecule has 0 saturated carbocycles. The van der Waals surface area contributed by atoms with E-state index in [1.807, 2.05) is 0 Å². The Hall–Kier alpha value is -1.78. The van der Waals surface area contributed by atoms with Gasteiger partial charge in [0.2, 0.25) is 0 Å². The SMILES string of the molecule is Cc1nc(Cl)ccc1NC(=O)COc1cccc(Cl)c1. The molecule has 0 spiro atoms. The Bertz CT molecular complexity index is 632. The second kappa shape index (κ2) is 6.59. The van der Waals surface area contributed by atoms with Crippen LogP contribution in [-0.4, -0.2) is 17.5 Å². The van der Waals surface area contributed by atoms with Crippen LogP contribution >= 0.6 is 23.2 Å². The van der Waals surface area contributed by atoms with Crippen LogP contribution in [0, 0.1) is 6.92 Å². The molecule has 2 aromatic rings. The molecule has 0 aliphatic rings. The minimum Gasteiger partial charge on any atom is -0.484 e. The average molecular weight is 311 g/mol. The number of halogens is 2. The van der Waals surface area contributed by atoms with E-state index in [4.69, 9.17) is 27.9 Å². The fraction of sp³-hybridized carbons (Fsp3) is 0.143. The number of carbonyl (C=O) groups excluding carboxylic acids is 1. The van der Waals surface area contributed by atoms with Gasteiger partial charge in [-0.1, -0.05) is 29.3 Å². The molecule has 0 radical (unpaired) electrons. The summed E-state index contributed by atoms with van der Waals surface area (Å²) in [5.74, 6) is 0.260. The molecule has 0 fully saturated rings. The van der Waals surface area contributed by atoms with Gasteiger partial charge in [0.05, 0.1) is 11.4 Å². The molecule has 0 bridgehead atoms. The standard InChI is InChI=1S/C14H12Cl2N2O2/c1-9-12(5-6-13(16)17-9)18-14(19)8-20-11-4-2-3-10(15)7-11/h2-7H,8H2,1H3,(H,18,19). The lowest BCUT2D eigenvalue weighted by Crippen LogP contribution is -2.20. The summed E-state index contributed by atoms with van der Waals surface area (Å²) >= 11 is 11.6. The molecule has 1 aromatic heterocycles. The van der Waals surface area contributed by atoms with Crippen LogP contribution in [-0.2, 0) is 4.79 Å². The van der Waals surface area contributed by atoms with E-state index in [0.29, 0.717) is 27.3 Å². The van der Waals surface area contributed by atoms with Crippen LogP contribution in [0.4, 0.5) is 5.69 Å². The first-order valence-electron chi connectivity index (χ1n) is 5.86. The van der Waals surface area contributed by atoms with E-state index in [-0.39, 0.29) is 12.5 Å². The normalized spacial score (nSPS) is 10.2. The summed E-state index contributed by atoms with van der Waals surface area (Å²) in [6.07, 6.45) is 0. The first-order valence-corrected chi connectivity index (χ1v) is 6.61. The zero-order valence-electron chi connectivity index (χ0n) is 10.7. The van der Waals surface area contributed by atoms with E-state index in [0.717, 1.165) is 0 Å². The number of ether oxygens (including phenoxy) is 1. The fourth-order valence-electron chi connectivity index (χ4n) is 1.55. The van der Waals surface area contributed by atoms with Gasteiger partial charge in [-0.2, -0.15) is 0 Å². The summed E-state index contributed by atoms with van der Waals surface area (Å²) in [6.45, 7) is 1.65. The molecule has 1 amide bonds. The van der Waals surface area contributed by atoms with Gasteiger partial charge in [-0.15, -0.1) is 0 Å². The number of nitrogens with one attached hydrogen (secondary N) is 1. The first kappa shape index (κ1) is 14.6. The number of pyridine rings is 1. The van der Waals surface area contributed by atoms with E-state index in [1.54, 1.807) is 43.3 Å². The molecular weight excluding hydrogens is 299 g/mol. The van der Waals surface area contributed by atoms with Gasteiger partial charge >= 0.3 is 0 Å². The van der Waals surface area contributed by atoms with Gasteiger partial charge < -0.3 is 10.1 Å². The van der Waals surface area contributed by atoms with Crippen LogP contribution in [0.2, 0.25) is 10.2 Å². The summed E-state index contributed by atoms with van der Waals surface area (Å²) in [7, 11) is 0.